The summed E-state index contributed by atoms with van der Waals surface area (Å²) in [5.41, 5.74) is -0.539. The fourth-order valence-corrected chi connectivity index (χ4v) is 2.68. The van der Waals surface area contributed by atoms with Gasteiger partial charge in [0.25, 0.3) is 11.5 Å². The number of nitrogens with zero attached hydrogens (tertiary/aromatic N) is 2. The number of rotatable bonds is 8. The van der Waals surface area contributed by atoms with Gasteiger partial charge < -0.3 is 24.6 Å². The number of methoxy groups -OCH3 is 2. The Morgan fingerprint density at radius 3 is 2.47 bits per heavy atom. The molecule has 2 N–H and O–H groups in total. The summed E-state index contributed by atoms with van der Waals surface area (Å²) >= 11 is 0. The number of amides is 1. The van der Waals surface area contributed by atoms with Crippen molar-refractivity contribution in [2.24, 2.45) is 0 Å². The highest BCUT2D eigenvalue weighted by molar-refractivity contribution is 5.94. The quantitative estimate of drug-likeness (QED) is 0.543. The van der Waals surface area contributed by atoms with Crippen LogP contribution in [0.3, 0.4) is 0 Å². The molecule has 0 atom stereocenters. The van der Waals surface area contributed by atoms with Crippen LogP contribution in [0.25, 0.3) is 5.69 Å². The first-order valence-electron chi connectivity index (χ1n) is 9.05. The maximum Gasteiger partial charge on any atom is 0.275 e. The van der Waals surface area contributed by atoms with Crippen molar-refractivity contribution in [1.82, 2.24) is 15.1 Å². The predicted molar refractivity (Wildman–Crippen MR) is 109 cm³/mol. The van der Waals surface area contributed by atoms with Crippen LogP contribution in [0.2, 0.25) is 0 Å². The smallest absolute Gasteiger partial charge is 0.275 e. The van der Waals surface area contributed by atoms with Crippen LogP contribution < -0.4 is 25.1 Å². The van der Waals surface area contributed by atoms with E-state index in [0.717, 1.165) is 10.7 Å². The van der Waals surface area contributed by atoms with Crippen molar-refractivity contribution in [2.45, 2.75) is 0 Å². The first-order chi connectivity index (χ1) is 14.5. The molecule has 3 rings (SSSR count). The average Bonchev–Trinajstić information content (AvgIpc) is 2.77. The van der Waals surface area contributed by atoms with Crippen molar-refractivity contribution in [2.75, 3.05) is 27.4 Å². The third-order valence-electron chi connectivity index (χ3n) is 4.16. The Bertz CT molecular complexity index is 1080. The highest BCUT2D eigenvalue weighted by atomic mass is 16.5. The van der Waals surface area contributed by atoms with Gasteiger partial charge >= 0.3 is 0 Å². The van der Waals surface area contributed by atoms with Crippen molar-refractivity contribution in [3.63, 3.8) is 0 Å². The van der Waals surface area contributed by atoms with E-state index in [0.29, 0.717) is 22.9 Å². The number of carbonyl (C=O) groups excluding carboxylic acids is 1. The van der Waals surface area contributed by atoms with Gasteiger partial charge in [-0.2, -0.15) is 9.78 Å². The minimum atomic E-state index is -0.644. The van der Waals surface area contributed by atoms with E-state index in [-0.39, 0.29) is 18.8 Å². The molecule has 2 aromatic carbocycles. The summed E-state index contributed by atoms with van der Waals surface area (Å²) in [7, 11) is 3.03. The van der Waals surface area contributed by atoms with E-state index < -0.39 is 17.2 Å². The molecule has 0 radical (unpaired) electrons. The fraction of sp³-hybridized carbons (Fsp3) is 0.190. The highest BCUT2D eigenvalue weighted by Gasteiger charge is 2.18. The van der Waals surface area contributed by atoms with E-state index in [4.69, 9.17) is 14.2 Å². The molecule has 0 aliphatic heterocycles. The Hall–Kier alpha value is -4.01. The Morgan fingerprint density at radius 2 is 1.77 bits per heavy atom. The number of hydrogen-bond acceptors (Lipinski definition) is 7. The Morgan fingerprint density at radius 1 is 1.07 bits per heavy atom. The lowest BCUT2D eigenvalue weighted by atomic mass is 10.3. The summed E-state index contributed by atoms with van der Waals surface area (Å²) in [6.07, 6.45) is 0. The Balaban J connectivity index is 1.69. The van der Waals surface area contributed by atoms with Crippen LogP contribution in [0.5, 0.6) is 23.0 Å². The molecular weight excluding hydrogens is 390 g/mol. The highest BCUT2D eigenvalue weighted by Crippen LogP contribution is 2.21. The van der Waals surface area contributed by atoms with Crippen molar-refractivity contribution < 1.29 is 24.1 Å². The van der Waals surface area contributed by atoms with Crippen molar-refractivity contribution >= 4 is 5.91 Å². The SMILES string of the molecule is COc1ccc(OCCNC(=O)c2nn(-c3ccccc3OC)c(=O)cc2O)cc1. The maximum absolute atomic E-state index is 12.5. The molecule has 3 aromatic rings. The molecule has 0 saturated carbocycles. The van der Waals surface area contributed by atoms with E-state index in [2.05, 4.69) is 10.4 Å². The second-order valence-electron chi connectivity index (χ2n) is 6.08. The summed E-state index contributed by atoms with van der Waals surface area (Å²) in [4.78, 5) is 24.7. The maximum atomic E-state index is 12.5. The average molecular weight is 411 g/mol. The minimum absolute atomic E-state index is 0.166. The lowest BCUT2D eigenvalue weighted by molar-refractivity contribution is 0.0937. The number of carbonyl (C=O) groups is 1. The van der Waals surface area contributed by atoms with Gasteiger partial charge in [-0.3, -0.25) is 9.59 Å². The van der Waals surface area contributed by atoms with Crippen molar-refractivity contribution in [3.05, 3.63) is 70.6 Å². The normalized spacial score (nSPS) is 10.3. The van der Waals surface area contributed by atoms with Crippen molar-refractivity contribution in [1.29, 1.82) is 0 Å². The van der Waals surface area contributed by atoms with Crippen LogP contribution in [0, 0.1) is 0 Å². The van der Waals surface area contributed by atoms with Gasteiger partial charge in [-0.05, 0) is 36.4 Å². The molecular formula is C21H21N3O6. The monoisotopic (exact) mass is 411 g/mol. The summed E-state index contributed by atoms with van der Waals surface area (Å²) in [5, 5.41) is 16.6. The number of aromatic hydroxyl groups is 1. The van der Waals surface area contributed by atoms with Gasteiger partial charge in [0.15, 0.2) is 11.4 Å². The van der Waals surface area contributed by atoms with Gasteiger partial charge in [-0.15, -0.1) is 0 Å². The summed E-state index contributed by atoms with van der Waals surface area (Å²) in [6.45, 7) is 0.366. The van der Waals surface area contributed by atoms with Crippen LogP contribution in [0.4, 0.5) is 0 Å². The molecule has 0 bridgehead atoms. The zero-order valence-corrected chi connectivity index (χ0v) is 16.5. The first kappa shape index (κ1) is 20.7. The molecule has 9 nitrogen and oxygen atoms in total. The largest absolute Gasteiger partial charge is 0.505 e. The fourth-order valence-electron chi connectivity index (χ4n) is 2.68. The second-order valence-corrected chi connectivity index (χ2v) is 6.08. The summed E-state index contributed by atoms with van der Waals surface area (Å²) in [5.74, 6) is 0.573. The summed E-state index contributed by atoms with van der Waals surface area (Å²) in [6, 6.07) is 14.7. The predicted octanol–water partition coefficient (Wildman–Crippen LogP) is 1.76. The third kappa shape index (κ3) is 4.69. The molecule has 30 heavy (non-hydrogen) atoms. The van der Waals surface area contributed by atoms with Gasteiger partial charge in [0.1, 0.15) is 29.5 Å². The number of benzene rings is 2. The standard InChI is InChI=1S/C21H21N3O6/c1-28-14-7-9-15(10-8-14)30-12-11-22-21(27)20-17(25)13-19(26)24(23-20)16-5-3-4-6-18(16)29-2/h3-10,13,25H,11-12H2,1-2H3,(H,22,27). The molecule has 0 fully saturated rings. The lowest BCUT2D eigenvalue weighted by Gasteiger charge is -2.12. The number of hydrogen-bond donors (Lipinski definition) is 2. The molecule has 1 aromatic heterocycles. The van der Waals surface area contributed by atoms with E-state index in [1.54, 1.807) is 55.6 Å². The molecule has 156 valence electrons. The first-order valence-corrected chi connectivity index (χ1v) is 9.05. The van der Waals surface area contributed by atoms with Crippen molar-refractivity contribution in [3.8, 4) is 28.7 Å². The third-order valence-corrected chi connectivity index (χ3v) is 4.16. The molecule has 0 aliphatic carbocycles. The molecule has 0 unspecified atom stereocenters. The number of ether oxygens (including phenoxy) is 3. The van der Waals surface area contributed by atoms with Gasteiger partial charge in [-0.25, -0.2) is 0 Å². The number of para-hydroxylation sites is 2. The zero-order chi connectivity index (χ0) is 21.5. The lowest BCUT2D eigenvalue weighted by Crippen LogP contribution is -2.31. The number of nitrogens with one attached hydrogen (secondary N) is 1. The zero-order valence-electron chi connectivity index (χ0n) is 16.5. The topological polar surface area (TPSA) is 112 Å². The number of aromatic nitrogens is 2. The Labute approximate surface area is 172 Å². The van der Waals surface area contributed by atoms with E-state index in [1.165, 1.54) is 7.11 Å². The molecule has 0 spiro atoms. The minimum Gasteiger partial charge on any atom is -0.505 e. The van der Waals surface area contributed by atoms with Crippen LogP contribution in [0.15, 0.2) is 59.4 Å². The second kappa shape index (κ2) is 9.46. The van der Waals surface area contributed by atoms with Gasteiger partial charge in [0.2, 0.25) is 0 Å². The molecule has 9 heteroatoms. The van der Waals surface area contributed by atoms with E-state index in [9.17, 15) is 14.7 Å². The van der Waals surface area contributed by atoms with Gasteiger partial charge in [0.05, 0.1) is 20.8 Å². The van der Waals surface area contributed by atoms with E-state index >= 15 is 0 Å². The molecule has 0 aliphatic rings. The molecule has 1 amide bonds. The van der Waals surface area contributed by atoms with E-state index in [1.807, 2.05) is 0 Å². The van der Waals surface area contributed by atoms with Crippen LogP contribution >= 0.6 is 0 Å². The molecule has 1 heterocycles. The molecule has 0 saturated heterocycles. The van der Waals surface area contributed by atoms with Crippen LogP contribution in [-0.4, -0.2) is 48.2 Å². The van der Waals surface area contributed by atoms with Gasteiger partial charge in [0, 0.05) is 6.07 Å². The van der Waals surface area contributed by atoms with Crippen LogP contribution in [0.1, 0.15) is 10.5 Å². The Kier molecular flexibility index (Phi) is 6.53. The van der Waals surface area contributed by atoms with Crippen LogP contribution in [-0.2, 0) is 0 Å². The summed E-state index contributed by atoms with van der Waals surface area (Å²) < 4.78 is 16.9. The van der Waals surface area contributed by atoms with Gasteiger partial charge in [-0.1, -0.05) is 12.1 Å².